The lowest BCUT2D eigenvalue weighted by Gasteiger charge is -2.09. The Morgan fingerprint density at radius 1 is 0.786 bits per heavy atom. The van der Waals surface area contributed by atoms with Gasteiger partial charge in [-0.15, -0.1) is 0 Å². The van der Waals surface area contributed by atoms with Gasteiger partial charge in [-0.25, -0.2) is 0 Å². The maximum absolute atomic E-state index is 12.5. The van der Waals surface area contributed by atoms with Crippen molar-refractivity contribution in [2.45, 2.75) is 6.92 Å². The Hall–Kier alpha value is -4.00. The smallest absolute Gasteiger partial charge is 0.270 e. The molecule has 0 aliphatic carbocycles. The number of amides is 2. The third-order valence-electron chi connectivity index (χ3n) is 3.98. The van der Waals surface area contributed by atoms with Crippen molar-refractivity contribution in [2.75, 3.05) is 10.6 Å². The number of carbonyl (C=O) groups excluding carboxylic acids is 2. The van der Waals surface area contributed by atoms with Gasteiger partial charge in [-0.3, -0.25) is 19.7 Å². The van der Waals surface area contributed by atoms with E-state index in [1.807, 2.05) is 25.1 Å². The van der Waals surface area contributed by atoms with Gasteiger partial charge < -0.3 is 10.6 Å². The first-order valence-corrected chi connectivity index (χ1v) is 8.46. The molecule has 0 aromatic heterocycles. The molecule has 28 heavy (non-hydrogen) atoms. The molecule has 7 nitrogen and oxygen atoms in total. The van der Waals surface area contributed by atoms with E-state index in [9.17, 15) is 19.7 Å². The minimum Gasteiger partial charge on any atom is -0.322 e. The Bertz CT molecular complexity index is 1060. The van der Waals surface area contributed by atoms with Crippen LogP contribution in [0.5, 0.6) is 0 Å². The number of nitro benzene ring substituents is 1. The van der Waals surface area contributed by atoms with Crippen molar-refractivity contribution in [3.05, 3.63) is 99.6 Å². The van der Waals surface area contributed by atoms with Gasteiger partial charge in [-0.1, -0.05) is 24.3 Å². The van der Waals surface area contributed by atoms with Crippen molar-refractivity contribution in [3.63, 3.8) is 0 Å². The molecule has 0 spiro atoms. The first-order valence-electron chi connectivity index (χ1n) is 8.46. The van der Waals surface area contributed by atoms with E-state index in [2.05, 4.69) is 10.6 Å². The molecule has 3 aromatic rings. The first kappa shape index (κ1) is 18.8. The number of hydrogen-bond donors (Lipinski definition) is 2. The fourth-order valence-corrected chi connectivity index (χ4v) is 2.63. The third kappa shape index (κ3) is 4.59. The Balaban J connectivity index is 1.74. The fraction of sp³-hybridized carbons (Fsp3) is 0.0476. The highest BCUT2D eigenvalue weighted by molar-refractivity contribution is 6.07. The molecule has 0 saturated carbocycles. The largest absolute Gasteiger partial charge is 0.322 e. The van der Waals surface area contributed by atoms with Gasteiger partial charge in [-0.05, 0) is 48.9 Å². The number of anilines is 2. The standard InChI is InChI=1S/C21H17N3O4/c1-14-5-2-8-17(11-14)22-20(25)15-6-3-9-18(12-15)23-21(26)16-7-4-10-19(13-16)24(27)28/h2-13H,1H3,(H,22,25)(H,23,26). The summed E-state index contributed by atoms with van der Waals surface area (Å²) in [5, 5.41) is 16.3. The van der Waals surface area contributed by atoms with Crippen LogP contribution in [0.25, 0.3) is 0 Å². The zero-order valence-corrected chi connectivity index (χ0v) is 15.0. The number of hydrogen-bond acceptors (Lipinski definition) is 4. The number of aryl methyl sites for hydroxylation is 1. The van der Waals surface area contributed by atoms with Crippen LogP contribution < -0.4 is 10.6 Å². The van der Waals surface area contributed by atoms with Crippen LogP contribution in [0.2, 0.25) is 0 Å². The molecule has 7 heteroatoms. The molecule has 3 rings (SSSR count). The van der Waals surface area contributed by atoms with E-state index >= 15 is 0 Å². The molecule has 0 radical (unpaired) electrons. The molecule has 0 heterocycles. The van der Waals surface area contributed by atoms with Crippen molar-refractivity contribution < 1.29 is 14.5 Å². The average molecular weight is 375 g/mol. The maximum Gasteiger partial charge on any atom is 0.270 e. The molecule has 0 aliphatic heterocycles. The van der Waals surface area contributed by atoms with Gasteiger partial charge >= 0.3 is 0 Å². The second kappa shape index (κ2) is 8.13. The Morgan fingerprint density at radius 2 is 1.32 bits per heavy atom. The second-order valence-corrected chi connectivity index (χ2v) is 6.17. The van der Waals surface area contributed by atoms with Crippen molar-refractivity contribution in [3.8, 4) is 0 Å². The van der Waals surface area contributed by atoms with Crippen LogP contribution in [0.3, 0.4) is 0 Å². The first-order chi connectivity index (χ1) is 13.4. The van der Waals surface area contributed by atoms with Crippen LogP contribution in [0, 0.1) is 17.0 Å². The van der Waals surface area contributed by atoms with E-state index in [1.54, 1.807) is 30.3 Å². The summed E-state index contributed by atoms with van der Waals surface area (Å²) in [4.78, 5) is 35.1. The van der Waals surface area contributed by atoms with Gasteiger partial charge in [0.1, 0.15) is 0 Å². The SMILES string of the molecule is Cc1cccc(NC(=O)c2cccc(NC(=O)c3cccc([N+](=O)[O-])c3)c2)c1. The van der Waals surface area contributed by atoms with Crippen LogP contribution >= 0.6 is 0 Å². The van der Waals surface area contributed by atoms with Gasteiger partial charge in [-0.2, -0.15) is 0 Å². The minimum atomic E-state index is -0.562. The Kier molecular flexibility index (Phi) is 5.45. The summed E-state index contributed by atoms with van der Waals surface area (Å²) in [5.41, 5.74) is 2.47. The summed E-state index contributed by atoms with van der Waals surface area (Å²) in [5.74, 6) is -0.808. The third-order valence-corrected chi connectivity index (χ3v) is 3.98. The van der Waals surface area contributed by atoms with E-state index in [1.165, 1.54) is 24.3 Å². The molecule has 140 valence electrons. The van der Waals surface area contributed by atoms with Gasteiger partial charge in [0.2, 0.25) is 0 Å². The molecule has 2 amide bonds. The predicted octanol–water partition coefficient (Wildman–Crippen LogP) is 4.41. The molecule has 0 aliphatic rings. The topological polar surface area (TPSA) is 101 Å². The average Bonchev–Trinajstić information content (AvgIpc) is 2.68. The summed E-state index contributed by atoms with van der Waals surface area (Å²) >= 11 is 0. The molecule has 3 aromatic carbocycles. The molecule has 0 saturated heterocycles. The quantitative estimate of drug-likeness (QED) is 0.509. The normalized spacial score (nSPS) is 10.2. The van der Waals surface area contributed by atoms with Crippen molar-refractivity contribution in [1.29, 1.82) is 0 Å². The van der Waals surface area contributed by atoms with Crippen LogP contribution in [0.1, 0.15) is 26.3 Å². The van der Waals surface area contributed by atoms with Crippen LogP contribution in [0.15, 0.2) is 72.8 Å². The zero-order chi connectivity index (χ0) is 20.1. The molecular weight excluding hydrogens is 358 g/mol. The number of nitrogens with one attached hydrogen (secondary N) is 2. The summed E-state index contributed by atoms with van der Waals surface area (Å²) in [6.07, 6.45) is 0. The number of rotatable bonds is 5. The molecule has 2 N–H and O–H groups in total. The monoisotopic (exact) mass is 375 g/mol. The predicted molar refractivity (Wildman–Crippen MR) is 107 cm³/mol. The van der Waals surface area contributed by atoms with Crippen LogP contribution in [-0.2, 0) is 0 Å². The zero-order valence-electron chi connectivity index (χ0n) is 15.0. The fourth-order valence-electron chi connectivity index (χ4n) is 2.63. The molecule has 0 fully saturated rings. The number of benzene rings is 3. The van der Waals surface area contributed by atoms with Crippen molar-refractivity contribution >= 4 is 28.9 Å². The minimum absolute atomic E-state index is 0.156. The number of non-ortho nitro benzene ring substituents is 1. The number of carbonyl (C=O) groups is 2. The molecular formula is C21H17N3O4. The van der Waals surface area contributed by atoms with Gasteiger partial charge in [0.15, 0.2) is 0 Å². The van der Waals surface area contributed by atoms with E-state index in [0.717, 1.165) is 5.56 Å². The van der Waals surface area contributed by atoms with Gasteiger partial charge in [0.25, 0.3) is 17.5 Å². The summed E-state index contributed by atoms with van der Waals surface area (Å²) in [6.45, 7) is 1.93. The van der Waals surface area contributed by atoms with Gasteiger partial charge in [0, 0.05) is 34.6 Å². The van der Waals surface area contributed by atoms with Gasteiger partial charge in [0.05, 0.1) is 4.92 Å². The van der Waals surface area contributed by atoms with Crippen LogP contribution in [0.4, 0.5) is 17.1 Å². The number of nitro groups is 1. The highest BCUT2D eigenvalue weighted by Crippen LogP contribution is 2.17. The molecule has 0 atom stereocenters. The maximum atomic E-state index is 12.5. The van der Waals surface area contributed by atoms with E-state index in [0.29, 0.717) is 16.9 Å². The Labute approximate surface area is 161 Å². The van der Waals surface area contributed by atoms with Crippen molar-refractivity contribution in [2.24, 2.45) is 0 Å². The second-order valence-electron chi connectivity index (χ2n) is 6.17. The highest BCUT2D eigenvalue weighted by Gasteiger charge is 2.13. The summed E-state index contributed by atoms with van der Waals surface area (Å²) < 4.78 is 0. The van der Waals surface area contributed by atoms with Crippen LogP contribution in [-0.4, -0.2) is 16.7 Å². The lowest BCUT2D eigenvalue weighted by Crippen LogP contribution is -2.14. The van der Waals surface area contributed by atoms with Crippen molar-refractivity contribution in [1.82, 2.24) is 0 Å². The van der Waals surface area contributed by atoms with E-state index in [-0.39, 0.29) is 17.2 Å². The lowest BCUT2D eigenvalue weighted by atomic mass is 10.1. The Morgan fingerprint density at radius 3 is 1.93 bits per heavy atom. The molecule has 0 unspecified atom stereocenters. The van der Waals surface area contributed by atoms with E-state index in [4.69, 9.17) is 0 Å². The number of nitrogens with zero attached hydrogens (tertiary/aromatic N) is 1. The van der Waals surface area contributed by atoms with E-state index < -0.39 is 10.8 Å². The highest BCUT2D eigenvalue weighted by atomic mass is 16.6. The summed E-state index contributed by atoms with van der Waals surface area (Å²) in [7, 11) is 0. The summed E-state index contributed by atoms with van der Waals surface area (Å²) in [6, 6.07) is 19.3. The molecule has 0 bridgehead atoms. The lowest BCUT2D eigenvalue weighted by molar-refractivity contribution is -0.384.